The van der Waals surface area contributed by atoms with Crippen molar-refractivity contribution >= 4 is 81.4 Å². The van der Waals surface area contributed by atoms with Crippen molar-refractivity contribution in [1.29, 1.82) is 0 Å². The Morgan fingerprint density at radius 3 is 2.06 bits per heavy atom. The van der Waals surface area contributed by atoms with E-state index < -0.39 is 23.3 Å². The second-order valence-electron chi connectivity index (χ2n) is 6.91. The maximum absolute atomic E-state index is 12.9. The summed E-state index contributed by atoms with van der Waals surface area (Å²) < 4.78 is 0. The van der Waals surface area contributed by atoms with Crippen molar-refractivity contribution in [3.05, 3.63) is 72.4 Å². The summed E-state index contributed by atoms with van der Waals surface area (Å²) in [6.07, 6.45) is -0.228. The maximum Gasteiger partial charge on any atom is 0.258 e. The summed E-state index contributed by atoms with van der Waals surface area (Å²) in [6, 6.07) is 9.23. The predicted octanol–water partition coefficient (Wildman–Crippen LogP) is 5.19. The molecule has 1 aromatic heterocycles. The number of anilines is 4. The van der Waals surface area contributed by atoms with Crippen LogP contribution in [0.3, 0.4) is 0 Å². The van der Waals surface area contributed by atoms with Gasteiger partial charge in [0.15, 0.2) is 0 Å². The first-order valence-electron chi connectivity index (χ1n) is 9.12. The molecule has 12 heteroatoms. The van der Waals surface area contributed by atoms with Crippen LogP contribution in [0.5, 0.6) is 0 Å². The van der Waals surface area contributed by atoms with E-state index in [1.54, 1.807) is 18.2 Å². The molecule has 164 valence electrons. The number of halogens is 4. The molecule has 4 rings (SSSR count). The summed E-state index contributed by atoms with van der Waals surface area (Å²) in [5, 5.41) is 9.45. The number of hydrogen-bond donors (Lipinski definition) is 4. The highest BCUT2D eigenvalue weighted by molar-refractivity contribution is 6.35. The van der Waals surface area contributed by atoms with Gasteiger partial charge in [0.1, 0.15) is 5.82 Å². The number of amides is 2. The molecule has 0 saturated carbocycles. The molecule has 0 radical (unpaired) electrons. The number of aromatic amines is 1. The number of carbonyl (C=O) groups is 2. The minimum Gasteiger partial charge on any atom is -0.326 e. The van der Waals surface area contributed by atoms with Gasteiger partial charge in [-0.25, -0.2) is 0 Å². The normalized spacial score (nSPS) is 15.0. The van der Waals surface area contributed by atoms with E-state index in [-0.39, 0.29) is 23.8 Å². The maximum atomic E-state index is 12.9. The molecule has 1 atom stereocenters. The van der Waals surface area contributed by atoms with Crippen molar-refractivity contribution in [2.45, 2.75) is 12.3 Å². The largest absolute Gasteiger partial charge is 0.326 e. The molecule has 1 aliphatic heterocycles. The Morgan fingerprint density at radius 1 is 0.906 bits per heavy atom. The van der Waals surface area contributed by atoms with E-state index in [9.17, 15) is 14.4 Å². The lowest BCUT2D eigenvalue weighted by Gasteiger charge is -2.23. The molecule has 0 fully saturated rings. The van der Waals surface area contributed by atoms with Gasteiger partial charge in [-0.1, -0.05) is 46.4 Å². The monoisotopic (exact) mass is 511 g/mol. The second-order valence-corrected chi connectivity index (χ2v) is 8.66. The van der Waals surface area contributed by atoms with Gasteiger partial charge in [-0.3, -0.25) is 19.4 Å². The van der Waals surface area contributed by atoms with Crippen LogP contribution in [-0.4, -0.2) is 21.8 Å². The van der Waals surface area contributed by atoms with Crippen LogP contribution < -0.4 is 21.5 Å². The number of carbonyl (C=O) groups excluding carboxylic acids is 2. The van der Waals surface area contributed by atoms with Gasteiger partial charge in [-0.05, 0) is 36.4 Å². The van der Waals surface area contributed by atoms with Gasteiger partial charge in [0, 0.05) is 37.9 Å². The third-order valence-electron chi connectivity index (χ3n) is 4.52. The van der Waals surface area contributed by atoms with E-state index >= 15 is 0 Å². The van der Waals surface area contributed by atoms with Gasteiger partial charge in [0.05, 0.1) is 11.5 Å². The first-order valence-corrected chi connectivity index (χ1v) is 10.6. The topological polar surface area (TPSA) is 116 Å². The van der Waals surface area contributed by atoms with Crippen molar-refractivity contribution in [2.24, 2.45) is 0 Å². The Labute approximate surface area is 201 Å². The number of benzene rings is 2. The molecule has 1 aliphatic rings. The second kappa shape index (κ2) is 8.99. The average molecular weight is 513 g/mol. The summed E-state index contributed by atoms with van der Waals surface area (Å²) in [6.45, 7) is 0. The van der Waals surface area contributed by atoms with Crippen LogP contribution in [-0.2, 0) is 9.59 Å². The Kier molecular flexibility index (Phi) is 6.30. The van der Waals surface area contributed by atoms with Crippen LogP contribution in [0.15, 0.2) is 41.2 Å². The van der Waals surface area contributed by atoms with Gasteiger partial charge >= 0.3 is 0 Å². The van der Waals surface area contributed by atoms with Crippen LogP contribution >= 0.6 is 46.4 Å². The van der Waals surface area contributed by atoms with Crippen LogP contribution in [0, 0.1) is 0 Å². The third-order valence-corrected chi connectivity index (χ3v) is 5.40. The Morgan fingerprint density at radius 2 is 1.47 bits per heavy atom. The van der Waals surface area contributed by atoms with E-state index in [1.807, 2.05) is 0 Å². The van der Waals surface area contributed by atoms with Gasteiger partial charge in [0.2, 0.25) is 17.8 Å². The standard InChI is InChI=1S/C20H13Cl4N5O3/c21-8-1-9(22)4-12(3-8)25-18(31)14-7-15(30)27-17-16(14)19(32)29-20(28-17)26-13-5-10(23)2-11(24)6-13/h1-6,14H,7H2,(H,25,31)(H3,26,27,28,29,30,32). The minimum absolute atomic E-state index is 0.0232. The third kappa shape index (κ3) is 4.99. The highest BCUT2D eigenvalue weighted by atomic mass is 35.5. The fourth-order valence-corrected chi connectivity index (χ4v) is 4.32. The van der Waals surface area contributed by atoms with Crippen molar-refractivity contribution < 1.29 is 9.59 Å². The molecule has 2 aromatic carbocycles. The highest BCUT2D eigenvalue weighted by Crippen LogP contribution is 2.31. The predicted molar refractivity (Wildman–Crippen MR) is 126 cm³/mol. The fourth-order valence-electron chi connectivity index (χ4n) is 3.27. The molecule has 0 aliphatic carbocycles. The van der Waals surface area contributed by atoms with Crippen molar-refractivity contribution in [3.63, 3.8) is 0 Å². The lowest BCUT2D eigenvalue weighted by atomic mass is 9.92. The van der Waals surface area contributed by atoms with Crippen molar-refractivity contribution in [2.75, 3.05) is 16.0 Å². The number of rotatable bonds is 4. The lowest BCUT2D eigenvalue weighted by Crippen LogP contribution is -2.36. The SMILES string of the molecule is O=C1CC(C(=O)Nc2cc(Cl)cc(Cl)c2)c2c(nc(Nc3cc(Cl)cc(Cl)c3)[nH]c2=O)N1. The number of fused-ring (bicyclic) bond motifs is 1. The molecule has 0 spiro atoms. The fraction of sp³-hybridized carbons (Fsp3) is 0.100. The van der Waals surface area contributed by atoms with Gasteiger partial charge in [-0.15, -0.1) is 0 Å². The summed E-state index contributed by atoms with van der Waals surface area (Å²) >= 11 is 23.9. The molecule has 8 nitrogen and oxygen atoms in total. The van der Waals surface area contributed by atoms with Crippen LogP contribution in [0.4, 0.5) is 23.1 Å². The molecule has 2 amide bonds. The van der Waals surface area contributed by atoms with E-state index in [4.69, 9.17) is 46.4 Å². The summed E-state index contributed by atoms with van der Waals surface area (Å²) in [5.74, 6) is -2.09. The highest BCUT2D eigenvalue weighted by Gasteiger charge is 2.34. The van der Waals surface area contributed by atoms with E-state index in [0.717, 1.165) is 0 Å². The van der Waals surface area contributed by atoms with Crippen LogP contribution in [0.1, 0.15) is 17.9 Å². The zero-order valence-corrected chi connectivity index (χ0v) is 19.0. The Balaban J connectivity index is 1.65. The van der Waals surface area contributed by atoms with Crippen LogP contribution in [0.25, 0.3) is 0 Å². The van der Waals surface area contributed by atoms with E-state index in [0.29, 0.717) is 31.5 Å². The number of nitrogens with one attached hydrogen (secondary N) is 4. The number of H-pyrrole nitrogens is 1. The molecule has 0 saturated heterocycles. The summed E-state index contributed by atoms with van der Waals surface area (Å²) in [5.41, 5.74) is 0.250. The first kappa shape index (κ1) is 22.4. The van der Waals surface area contributed by atoms with Gasteiger partial charge < -0.3 is 16.0 Å². The van der Waals surface area contributed by atoms with Gasteiger partial charge in [-0.2, -0.15) is 4.98 Å². The Bertz CT molecular complexity index is 1270. The van der Waals surface area contributed by atoms with Gasteiger partial charge in [0.25, 0.3) is 5.56 Å². The molecule has 1 unspecified atom stereocenters. The van der Waals surface area contributed by atoms with Crippen LogP contribution in [0.2, 0.25) is 20.1 Å². The summed E-state index contributed by atoms with van der Waals surface area (Å²) in [4.78, 5) is 44.8. The molecule has 4 N–H and O–H groups in total. The molecular formula is C20H13Cl4N5O3. The smallest absolute Gasteiger partial charge is 0.258 e. The zero-order valence-electron chi connectivity index (χ0n) is 15.9. The zero-order chi connectivity index (χ0) is 23.0. The number of aromatic nitrogens is 2. The van der Waals surface area contributed by atoms with Crippen molar-refractivity contribution in [3.8, 4) is 0 Å². The number of nitrogens with zero attached hydrogens (tertiary/aromatic N) is 1. The van der Waals surface area contributed by atoms with Crippen molar-refractivity contribution in [1.82, 2.24) is 9.97 Å². The quantitative estimate of drug-likeness (QED) is 0.383. The molecule has 3 aromatic rings. The van der Waals surface area contributed by atoms with E-state index in [1.165, 1.54) is 18.2 Å². The number of hydrogen-bond acceptors (Lipinski definition) is 5. The lowest BCUT2D eigenvalue weighted by molar-refractivity contribution is -0.123. The molecule has 32 heavy (non-hydrogen) atoms. The molecule has 2 heterocycles. The average Bonchev–Trinajstić information content (AvgIpc) is 2.65. The minimum atomic E-state index is -1.07. The molecule has 0 bridgehead atoms. The Hall–Kier alpha value is -2.78. The summed E-state index contributed by atoms with van der Waals surface area (Å²) in [7, 11) is 0. The molecular weight excluding hydrogens is 500 g/mol. The first-order chi connectivity index (χ1) is 15.2. The van der Waals surface area contributed by atoms with E-state index in [2.05, 4.69) is 25.9 Å².